The Morgan fingerprint density at radius 2 is 1.93 bits per heavy atom. The summed E-state index contributed by atoms with van der Waals surface area (Å²) in [7, 11) is 3.89. The molecule has 2 saturated carbocycles. The number of amides is 2. The maximum absolute atomic E-state index is 13.0. The van der Waals surface area contributed by atoms with Crippen molar-refractivity contribution in [1.82, 2.24) is 25.1 Å². The molecule has 3 N–H and O–H groups in total. The average molecular weight is 553 g/mol. The second kappa shape index (κ2) is 12.8. The van der Waals surface area contributed by atoms with Crippen molar-refractivity contribution in [1.29, 1.82) is 5.26 Å². The van der Waals surface area contributed by atoms with Gasteiger partial charge in [-0.1, -0.05) is 17.9 Å². The molecule has 0 radical (unpaired) electrons. The van der Waals surface area contributed by atoms with Crippen LogP contribution in [0.4, 0.5) is 17.5 Å². The minimum atomic E-state index is -0.402. The summed E-state index contributed by atoms with van der Waals surface area (Å²) < 4.78 is 0. The third-order valence-electron chi connectivity index (χ3n) is 7.44. The molecule has 0 spiro atoms. The fourth-order valence-electron chi connectivity index (χ4n) is 4.92. The van der Waals surface area contributed by atoms with Gasteiger partial charge >= 0.3 is 0 Å². The van der Waals surface area contributed by atoms with Crippen LogP contribution in [-0.4, -0.2) is 76.9 Å². The maximum atomic E-state index is 13.0. The Morgan fingerprint density at radius 1 is 1.15 bits per heavy atom. The highest BCUT2D eigenvalue weighted by atomic mass is 16.2. The van der Waals surface area contributed by atoms with Gasteiger partial charge in [0.2, 0.25) is 17.8 Å². The number of benzene rings is 1. The largest absolute Gasteiger partial charge is 0.366 e. The molecule has 1 aliphatic heterocycles. The first-order valence-corrected chi connectivity index (χ1v) is 14.2. The van der Waals surface area contributed by atoms with E-state index in [2.05, 4.69) is 43.8 Å². The molecule has 0 unspecified atom stereocenters. The lowest BCUT2D eigenvalue weighted by Crippen LogP contribution is -2.51. The van der Waals surface area contributed by atoms with E-state index in [1.54, 1.807) is 29.3 Å². The molecular formula is C31H36N8O2. The SMILES string of the molecule is CN(C)C/C=C/C(=O)N1CCC[C@H]1C(=O)N[C@H]1C[C@@H](C#Cc2cnc(Nc3ccc(C#N)cc3)nc2NC2CC2)C1. The molecule has 1 saturated heterocycles. The number of carbonyl (C=O) groups is 2. The lowest BCUT2D eigenvalue weighted by atomic mass is 9.80. The molecule has 1 aromatic heterocycles. The Hall–Kier alpha value is -4.41. The van der Waals surface area contributed by atoms with Gasteiger partial charge in [-0.3, -0.25) is 9.59 Å². The van der Waals surface area contributed by atoms with Crippen LogP contribution in [0.2, 0.25) is 0 Å². The predicted molar refractivity (Wildman–Crippen MR) is 157 cm³/mol. The first-order valence-electron chi connectivity index (χ1n) is 14.2. The highest BCUT2D eigenvalue weighted by Gasteiger charge is 2.36. The molecule has 2 aromatic rings. The smallest absolute Gasteiger partial charge is 0.246 e. The summed E-state index contributed by atoms with van der Waals surface area (Å²) >= 11 is 0. The second-order valence-corrected chi connectivity index (χ2v) is 11.2. The standard InChI is InChI=1S/C31H36N8O2/c1-38(2)15-4-6-28(40)39-16-3-5-27(39)30(41)35-26-17-22(18-26)7-10-23-20-33-31(37-29(23)34-24-13-14-24)36-25-11-8-21(19-32)9-12-25/h4,6,8-9,11-12,20,22,24,26-27H,3,5,13-18H2,1-2H3,(H,35,41)(H2,33,34,36,37)/b6-4+/t22-,26+,27-/m0/s1. The van der Waals surface area contributed by atoms with Crippen molar-refractivity contribution < 1.29 is 9.59 Å². The number of nitriles is 1. The van der Waals surface area contributed by atoms with Crippen LogP contribution >= 0.6 is 0 Å². The van der Waals surface area contributed by atoms with Gasteiger partial charge in [0.15, 0.2) is 0 Å². The minimum absolute atomic E-state index is 0.0667. The van der Waals surface area contributed by atoms with Crippen molar-refractivity contribution in [2.24, 2.45) is 5.92 Å². The Balaban J connectivity index is 1.15. The van der Waals surface area contributed by atoms with Gasteiger partial charge in [0.25, 0.3) is 0 Å². The summed E-state index contributed by atoms with van der Waals surface area (Å²) in [6.07, 6.45) is 10.5. The summed E-state index contributed by atoms with van der Waals surface area (Å²) in [5.74, 6) is 7.77. The molecule has 2 heterocycles. The molecule has 10 heteroatoms. The Bertz CT molecular complexity index is 1390. The molecule has 10 nitrogen and oxygen atoms in total. The van der Waals surface area contributed by atoms with Crippen LogP contribution in [0, 0.1) is 29.1 Å². The fourth-order valence-corrected chi connectivity index (χ4v) is 4.92. The van der Waals surface area contributed by atoms with E-state index in [1.807, 2.05) is 37.2 Å². The highest BCUT2D eigenvalue weighted by Crippen LogP contribution is 2.29. The molecule has 212 valence electrons. The van der Waals surface area contributed by atoms with E-state index in [0.717, 1.165) is 43.4 Å². The molecule has 1 aromatic carbocycles. The maximum Gasteiger partial charge on any atom is 0.246 e. The van der Waals surface area contributed by atoms with Crippen molar-refractivity contribution in [3.05, 3.63) is 53.7 Å². The Morgan fingerprint density at radius 3 is 2.63 bits per heavy atom. The van der Waals surface area contributed by atoms with Crippen LogP contribution in [0.25, 0.3) is 0 Å². The molecule has 2 amide bonds. The van der Waals surface area contributed by atoms with E-state index in [-0.39, 0.29) is 23.8 Å². The first-order chi connectivity index (χ1) is 19.9. The fraction of sp³-hybridized carbons (Fsp3) is 0.452. The van der Waals surface area contributed by atoms with Crippen LogP contribution in [-0.2, 0) is 9.59 Å². The number of hydrogen-bond acceptors (Lipinski definition) is 8. The van der Waals surface area contributed by atoms with Crippen molar-refractivity contribution in [2.45, 2.75) is 56.7 Å². The molecule has 3 fully saturated rings. The summed E-state index contributed by atoms with van der Waals surface area (Å²) in [6, 6.07) is 9.32. The van der Waals surface area contributed by atoms with E-state index in [0.29, 0.717) is 42.9 Å². The molecule has 1 atom stereocenters. The second-order valence-electron chi connectivity index (χ2n) is 11.2. The Kier molecular flexibility index (Phi) is 8.81. The third-order valence-corrected chi connectivity index (χ3v) is 7.44. The summed E-state index contributed by atoms with van der Waals surface area (Å²) in [4.78, 5) is 38.3. The monoisotopic (exact) mass is 552 g/mol. The number of likely N-dealkylation sites (tertiary alicyclic amines) is 1. The lowest BCUT2D eigenvalue weighted by molar-refractivity contribution is -0.135. The van der Waals surface area contributed by atoms with Gasteiger partial charge in [0, 0.05) is 42.9 Å². The molecule has 2 aliphatic carbocycles. The number of carbonyl (C=O) groups excluding carboxylic acids is 2. The summed E-state index contributed by atoms with van der Waals surface area (Å²) in [5.41, 5.74) is 2.14. The molecule has 41 heavy (non-hydrogen) atoms. The van der Waals surface area contributed by atoms with E-state index >= 15 is 0 Å². The number of aromatic nitrogens is 2. The zero-order valence-corrected chi connectivity index (χ0v) is 23.6. The normalized spacial score (nSPS) is 21.5. The van der Waals surface area contributed by atoms with Crippen molar-refractivity contribution >= 4 is 29.3 Å². The quantitative estimate of drug-likeness (QED) is 0.320. The van der Waals surface area contributed by atoms with Gasteiger partial charge in [-0.15, -0.1) is 0 Å². The van der Waals surface area contributed by atoms with Crippen LogP contribution in [0.15, 0.2) is 42.6 Å². The molecule has 0 bridgehead atoms. The number of likely N-dealkylation sites (N-methyl/N-ethyl adjacent to an activating group) is 1. The van der Waals surface area contributed by atoms with E-state index < -0.39 is 6.04 Å². The van der Waals surface area contributed by atoms with Gasteiger partial charge in [-0.25, -0.2) is 4.98 Å². The van der Waals surface area contributed by atoms with Gasteiger partial charge < -0.3 is 25.8 Å². The number of nitrogens with one attached hydrogen (secondary N) is 3. The van der Waals surface area contributed by atoms with Crippen LogP contribution in [0.3, 0.4) is 0 Å². The highest BCUT2D eigenvalue weighted by molar-refractivity contribution is 5.93. The molecule has 5 rings (SSSR count). The van der Waals surface area contributed by atoms with Crippen molar-refractivity contribution in [2.75, 3.05) is 37.8 Å². The number of anilines is 3. The lowest BCUT2D eigenvalue weighted by Gasteiger charge is -2.34. The van der Waals surface area contributed by atoms with Crippen LogP contribution in [0.1, 0.15) is 49.7 Å². The van der Waals surface area contributed by atoms with Crippen LogP contribution < -0.4 is 16.0 Å². The number of rotatable bonds is 9. The first kappa shape index (κ1) is 28.1. The summed E-state index contributed by atoms with van der Waals surface area (Å²) in [5, 5.41) is 18.8. The van der Waals surface area contributed by atoms with Gasteiger partial charge in [-0.05, 0) is 76.9 Å². The van der Waals surface area contributed by atoms with Gasteiger partial charge in [0.1, 0.15) is 11.9 Å². The Labute approximate surface area is 241 Å². The van der Waals surface area contributed by atoms with E-state index in [9.17, 15) is 9.59 Å². The topological polar surface area (TPSA) is 126 Å². The minimum Gasteiger partial charge on any atom is -0.366 e. The molecule has 3 aliphatic rings. The van der Waals surface area contributed by atoms with Gasteiger partial charge in [0.05, 0.1) is 23.4 Å². The number of hydrogen-bond donors (Lipinski definition) is 3. The van der Waals surface area contributed by atoms with Crippen LogP contribution in [0.5, 0.6) is 0 Å². The zero-order valence-electron chi connectivity index (χ0n) is 23.6. The van der Waals surface area contributed by atoms with E-state index in [1.165, 1.54) is 0 Å². The number of nitrogens with zero attached hydrogens (tertiary/aromatic N) is 5. The molecular weight excluding hydrogens is 516 g/mol. The zero-order chi connectivity index (χ0) is 28.8. The summed E-state index contributed by atoms with van der Waals surface area (Å²) in [6.45, 7) is 1.30. The third kappa shape index (κ3) is 7.62. The van der Waals surface area contributed by atoms with Crippen molar-refractivity contribution in [3.63, 3.8) is 0 Å². The predicted octanol–water partition coefficient (Wildman–Crippen LogP) is 3.02. The van der Waals surface area contributed by atoms with Gasteiger partial charge in [-0.2, -0.15) is 10.2 Å². The average Bonchev–Trinajstić information content (AvgIpc) is 3.61. The van der Waals surface area contributed by atoms with E-state index in [4.69, 9.17) is 5.26 Å². The van der Waals surface area contributed by atoms with Crippen molar-refractivity contribution in [3.8, 4) is 17.9 Å².